The summed E-state index contributed by atoms with van der Waals surface area (Å²) in [4.78, 5) is 14.0. The van der Waals surface area contributed by atoms with Crippen LogP contribution in [0.1, 0.15) is 34.2 Å². The maximum absolute atomic E-state index is 5.99. The number of morpholine rings is 1. The van der Waals surface area contributed by atoms with E-state index in [-0.39, 0.29) is 6.10 Å². The van der Waals surface area contributed by atoms with Crippen molar-refractivity contribution in [2.24, 2.45) is 0 Å². The fourth-order valence-electron chi connectivity index (χ4n) is 4.53. The Hall–Kier alpha value is -3.26. The molecular formula is C24H29N7O. The van der Waals surface area contributed by atoms with Crippen molar-refractivity contribution < 1.29 is 4.74 Å². The minimum Gasteiger partial charge on any atom is -0.371 e. The first kappa shape index (κ1) is 20.6. The molecule has 8 nitrogen and oxygen atoms in total. The van der Waals surface area contributed by atoms with Crippen molar-refractivity contribution in [3.8, 4) is 0 Å². The topological polar surface area (TPSA) is 79.3 Å². The van der Waals surface area contributed by atoms with Crippen molar-refractivity contribution in [3.05, 3.63) is 64.7 Å². The molecule has 0 amide bonds. The monoisotopic (exact) mass is 431 g/mol. The Balaban J connectivity index is 1.37. The lowest BCUT2D eigenvalue weighted by atomic mass is 10.0. The smallest absolute Gasteiger partial charge is 0.154 e. The molecule has 0 aliphatic carbocycles. The number of nitrogens with zero attached hydrogens (tertiary/aromatic N) is 6. The minimum absolute atomic E-state index is 0.0240. The molecule has 0 radical (unpaired) electrons. The molecule has 0 spiro atoms. The average Bonchev–Trinajstić information content (AvgIpc) is 2.85. The van der Waals surface area contributed by atoms with Crippen LogP contribution in [0.5, 0.6) is 0 Å². The molecule has 5 heterocycles. The third kappa shape index (κ3) is 3.86. The van der Waals surface area contributed by atoms with Crippen molar-refractivity contribution in [2.75, 3.05) is 48.4 Å². The zero-order valence-corrected chi connectivity index (χ0v) is 18.9. The second kappa shape index (κ2) is 8.70. The van der Waals surface area contributed by atoms with Gasteiger partial charge in [0.2, 0.25) is 0 Å². The standard InChI is InChI=1S/C24H29N7O/c1-16-17(2)24(29-28-23(16)25-3)31-9-7-20-18(14-31)12-19(13-27-20)30-10-11-32-22(15-30)21-6-4-5-8-26-21/h4-6,8,12-13,22H,7,9-11,14-15H2,1-3H3,(H,25,28). The van der Waals surface area contributed by atoms with Crippen molar-refractivity contribution in [1.29, 1.82) is 0 Å². The molecule has 0 saturated carbocycles. The molecular weight excluding hydrogens is 402 g/mol. The van der Waals surface area contributed by atoms with Crippen LogP contribution in [0.15, 0.2) is 36.7 Å². The van der Waals surface area contributed by atoms with E-state index in [0.29, 0.717) is 6.61 Å². The van der Waals surface area contributed by atoms with Gasteiger partial charge in [-0.3, -0.25) is 9.97 Å². The Bertz CT molecular complexity index is 1110. The zero-order chi connectivity index (χ0) is 22.1. The van der Waals surface area contributed by atoms with Crippen molar-refractivity contribution in [3.63, 3.8) is 0 Å². The van der Waals surface area contributed by atoms with Gasteiger partial charge in [-0.2, -0.15) is 0 Å². The highest BCUT2D eigenvalue weighted by atomic mass is 16.5. The average molecular weight is 432 g/mol. The number of nitrogens with one attached hydrogen (secondary N) is 1. The van der Waals surface area contributed by atoms with Gasteiger partial charge in [0, 0.05) is 50.6 Å². The maximum atomic E-state index is 5.99. The number of rotatable bonds is 4. The first-order chi connectivity index (χ1) is 15.6. The Morgan fingerprint density at radius 1 is 1.06 bits per heavy atom. The Labute approximate surface area is 188 Å². The summed E-state index contributed by atoms with van der Waals surface area (Å²) in [5.74, 6) is 1.79. The highest BCUT2D eigenvalue weighted by molar-refractivity contribution is 5.58. The molecule has 5 rings (SSSR count). The van der Waals surface area contributed by atoms with Crippen molar-refractivity contribution in [1.82, 2.24) is 20.2 Å². The molecule has 1 fully saturated rings. The molecule has 166 valence electrons. The summed E-state index contributed by atoms with van der Waals surface area (Å²) in [7, 11) is 1.88. The first-order valence-corrected chi connectivity index (χ1v) is 11.2. The highest BCUT2D eigenvalue weighted by Crippen LogP contribution is 2.31. The molecule has 1 atom stereocenters. The fourth-order valence-corrected chi connectivity index (χ4v) is 4.53. The van der Waals surface area contributed by atoms with Crippen LogP contribution in [0.25, 0.3) is 0 Å². The quantitative estimate of drug-likeness (QED) is 0.675. The van der Waals surface area contributed by atoms with Crippen LogP contribution in [0.3, 0.4) is 0 Å². The molecule has 0 aromatic carbocycles. The predicted octanol–water partition coefficient (Wildman–Crippen LogP) is 3.07. The van der Waals surface area contributed by atoms with Crippen LogP contribution in [0, 0.1) is 13.8 Å². The molecule has 0 bridgehead atoms. The van der Waals surface area contributed by atoms with Crippen LogP contribution in [0.4, 0.5) is 17.3 Å². The number of ether oxygens (including phenoxy) is 1. The molecule has 1 unspecified atom stereocenters. The summed E-state index contributed by atoms with van der Waals surface area (Å²) in [5, 5.41) is 12.0. The SMILES string of the molecule is CNc1nnc(N2CCc3ncc(N4CCOC(c5ccccn5)C4)cc3C2)c(C)c1C. The van der Waals surface area contributed by atoms with E-state index < -0.39 is 0 Å². The van der Waals surface area contributed by atoms with Crippen LogP contribution in [0.2, 0.25) is 0 Å². The van der Waals surface area contributed by atoms with Gasteiger partial charge in [-0.25, -0.2) is 0 Å². The summed E-state index contributed by atoms with van der Waals surface area (Å²) in [5.41, 5.74) is 6.86. The van der Waals surface area contributed by atoms with Crippen molar-refractivity contribution in [2.45, 2.75) is 32.9 Å². The Morgan fingerprint density at radius 3 is 2.78 bits per heavy atom. The van der Waals surface area contributed by atoms with Gasteiger partial charge in [-0.05, 0) is 43.2 Å². The number of aromatic nitrogens is 4. The van der Waals surface area contributed by atoms with Gasteiger partial charge >= 0.3 is 0 Å². The van der Waals surface area contributed by atoms with Gasteiger partial charge in [0.1, 0.15) is 6.10 Å². The molecule has 1 N–H and O–H groups in total. The highest BCUT2D eigenvalue weighted by Gasteiger charge is 2.26. The lowest BCUT2D eigenvalue weighted by Gasteiger charge is -2.35. The van der Waals surface area contributed by atoms with E-state index in [2.05, 4.69) is 50.2 Å². The fraction of sp³-hybridized carbons (Fsp3) is 0.417. The van der Waals surface area contributed by atoms with Gasteiger partial charge in [0.25, 0.3) is 0 Å². The number of hydrogen-bond acceptors (Lipinski definition) is 8. The van der Waals surface area contributed by atoms with Crippen LogP contribution >= 0.6 is 0 Å². The Kier molecular flexibility index (Phi) is 5.61. The molecule has 8 heteroatoms. The number of fused-ring (bicyclic) bond motifs is 1. The second-order valence-corrected chi connectivity index (χ2v) is 8.40. The molecule has 32 heavy (non-hydrogen) atoms. The lowest BCUT2D eigenvalue weighted by molar-refractivity contribution is 0.0370. The van der Waals surface area contributed by atoms with Gasteiger partial charge < -0.3 is 19.9 Å². The number of anilines is 3. The third-order valence-electron chi connectivity index (χ3n) is 6.51. The van der Waals surface area contributed by atoms with Gasteiger partial charge in [-0.15, -0.1) is 10.2 Å². The van der Waals surface area contributed by atoms with Crippen LogP contribution in [-0.4, -0.2) is 53.5 Å². The minimum atomic E-state index is -0.0240. The largest absolute Gasteiger partial charge is 0.371 e. The van der Waals surface area contributed by atoms with E-state index in [1.54, 1.807) is 0 Å². The van der Waals surface area contributed by atoms with Crippen molar-refractivity contribution >= 4 is 17.3 Å². The summed E-state index contributed by atoms with van der Waals surface area (Å²) >= 11 is 0. The Morgan fingerprint density at radius 2 is 1.97 bits per heavy atom. The summed E-state index contributed by atoms with van der Waals surface area (Å²) in [6, 6.07) is 8.26. The van der Waals surface area contributed by atoms with E-state index in [0.717, 1.165) is 61.2 Å². The molecule has 3 aromatic heterocycles. The number of hydrogen-bond donors (Lipinski definition) is 1. The summed E-state index contributed by atoms with van der Waals surface area (Å²) in [6.45, 7) is 8.20. The molecule has 2 aliphatic heterocycles. The molecule has 1 saturated heterocycles. The lowest BCUT2D eigenvalue weighted by Crippen LogP contribution is -2.39. The molecule has 3 aromatic rings. The van der Waals surface area contributed by atoms with E-state index in [1.807, 2.05) is 37.6 Å². The van der Waals surface area contributed by atoms with E-state index >= 15 is 0 Å². The summed E-state index contributed by atoms with van der Waals surface area (Å²) in [6.07, 6.45) is 4.71. The van der Waals surface area contributed by atoms with Crippen LogP contribution in [-0.2, 0) is 17.7 Å². The van der Waals surface area contributed by atoms with Gasteiger partial charge in [0.15, 0.2) is 11.6 Å². The van der Waals surface area contributed by atoms with E-state index in [4.69, 9.17) is 9.72 Å². The normalized spacial score (nSPS) is 18.4. The zero-order valence-electron chi connectivity index (χ0n) is 18.9. The number of pyridine rings is 2. The maximum Gasteiger partial charge on any atom is 0.154 e. The van der Waals surface area contributed by atoms with Crippen LogP contribution < -0.4 is 15.1 Å². The predicted molar refractivity (Wildman–Crippen MR) is 125 cm³/mol. The van der Waals surface area contributed by atoms with E-state index in [1.165, 1.54) is 16.8 Å². The second-order valence-electron chi connectivity index (χ2n) is 8.40. The van der Waals surface area contributed by atoms with E-state index in [9.17, 15) is 0 Å². The van der Waals surface area contributed by atoms with Gasteiger partial charge in [0.05, 0.1) is 30.7 Å². The summed E-state index contributed by atoms with van der Waals surface area (Å²) < 4.78 is 5.99. The first-order valence-electron chi connectivity index (χ1n) is 11.2. The molecule has 2 aliphatic rings. The van der Waals surface area contributed by atoms with Gasteiger partial charge in [-0.1, -0.05) is 6.07 Å². The third-order valence-corrected chi connectivity index (χ3v) is 6.51.